The van der Waals surface area contributed by atoms with Crippen molar-refractivity contribution in [3.63, 3.8) is 0 Å². The molecule has 0 fully saturated rings. The van der Waals surface area contributed by atoms with Crippen LogP contribution in [0.25, 0.3) is 0 Å². The molecular weight excluding hydrogens is 228 g/mol. The zero-order valence-electron chi connectivity index (χ0n) is 10.9. The van der Waals surface area contributed by atoms with Crippen LogP contribution in [-0.4, -0.2) is 28.9 Å². The van der Waals surface area contributed by atoms with Crippen LogP contribution in [0.5, 0.6) is 5.75 Å². The molecule has 0 aromatic carbocycles. The Morgan fingerprint density at radius 3 is 2.89 bits per heavy atom. The standard InChI is InChI=1S/C13H18N4O/c1-4-17-11(6-8-16-17)13(14-2)10-5-7-15-9-12(10)18-3/h5-9,13-14H,4H2,1-3H3. The maximum atomic E-state index is 5.37. The van der Waals surface area contributed by atoms with Gasteiger partial charge in [0.2, 0.25) is 0 Å². The first-order valence-corrected chi connectivity index (χ1v) is 5.98. The van der Waals surface area contributed by atoms with Crippen LogP contribution in [0.4, 0.5) is 0 Å². The first-order valence-electron chi connectivity index (χ1n) is 5.98. The fourth-order valence-corrected chi connectivity index (χ4v) is 2.11. The summed E-state index contributed by atoms with van der Waals surface area (Å²) in [5, 5.41) is 7.61. The average molecular weight is 246 g/mol. The van der Waals surface area contributed by atoms with E-state index in [-0.39, 0.29) is 6.04 Å². The molecule has 96 valence electrons. The van der Waals surface area contributed by atoms with Crippen LogP contribution in [0, 0.1) is 0 Å². The molecule has 0 amide bonds. The van der Waals surface area contributed by atoms with Crippen LogP contribution in [-0.2, 0) is 6.54 Å². The summed E-state index contributed by atoms with van der Waals surface area (Å²) in [5.41, 5.74) is 2.18. The van der Waals surface area contributed by atoms with Crippen molar-refractivity contribution in [3.05, 3.63) is 42.0 Å². The number of ether oxygens (including phenoxy) is 1. The molecule has 0 aliphatic carbocycles. The zero-order chi connectivity index (χ0) is 13.0. The van der Waals surface area contributed by atoms with E-state index in [1.807, 2.05) is 30.1 Å². The molecule has 1 atom stereocenters. The summed E-state index contributed by atoms with van der Waals surface area (Å²) < 4.78 is 7.34. The van der Waals surface area contributed by atoms with Crippen molar-refractivity contribution in [1.29, 1.82) is 0 Å². The molecule has 0 saturated heterocycles. The predicted molar refractivity (Wildman–Crippen MR) is 69.6 cm³/mol. The molecule has 0 aliphatic rings. The van der Waals surface area contributed by atoms with E-state index in [9.17, 15) is 0 Å². The van der Waals surface area contributed by atoms with E-state index in [2.05, 4.69) is 22.3 Å². The minimum atomic E-state index is 0.0467. The number of nitrogens with one attached hydrogen (secondary N) is 1. The van der Waals surface area contributed by atoms with Crippen LogP contribution in [0.3, 0.4) is 0 Å². The highest BCUT2D eigenvalue weighted by Crippen LogP contribution is 2.28. The molecule has 2 heterocycles. The Morgan fingerprint density at radius 1 is 1.39 bits per heavy atom. The smallest absolute Gasteiger partial charge is 0.142 e. The van der Waals surface area contributed by atoms with Gasteiger partial charge in [0.05, 0.1) is 25.0 Å². The molecule has 2 aromatic heterocycles. The second-order valence-electron chi connectivity index (χ2n) is 3.91. The molecular formula is C13H18N4O. The van der Waals surface area contributed by atoms with Gasteiger partial charge in [-0.3, -0.25) is 9.67 Å². The van der Waals surface area contributed by atoms with Gasteiger partial charge in [0.1, 0.15) is 5.75 Å². The molecule has 0 bridgehead atoms. The summed E-state index contributed by atoms with van der Waals surface area (Å²) in [4.78, 5) is 4.08. The molecule has 0 aliphatic heterocycles. The van der Waals surface area contributed by atoms with Crippen molar-refractivity contribution in [1.82, 2.24) is 20.1 Å². The molecule has 1 N–H and O–H groups in total. The fourth-order valence-electron chi connectivity index (χ4n) is 2.11. The van der Waals surface area contributed by atoms with E-state index in [1.54, 1.807) is 19.5 Å². The maximum Gasteiger partial charge on any atom is 0.142 e. The molecule has 1 unspecified atom stereocenters. The number of methoxy groups -OCH3 is 1. The van der Waals surface area contributed by atoms with Crippen LogP contribution in [0.15, 0.2) is 30.7 Å². The van der Waals surface area contributed by atoms with Gasteiger partial charge in [-0.25, -0.2) is 0 Å². The normalized spacial score (nSPS) is 12.4. The molecule has 2 rings (SSSR count). The number of aryl methyl sites for hydroxylation is 1. The van der Waals surface area contributed by atoms with Gasteiger partial charge in [-0.2, -0.15) is 5.10 Å². The summed E-state index contributed by atoms with van der Waals surface area (Å²) in [7, 11) is 3.59. The van der Waals surface area contributed by atoms with Gasteiger partial charge in [-0.15, -0.1) is 0 Å². The Labute approximate surface area is 107 Å². The maximum absolute atomic E-state index is 5.37. The third-order valence-electron chi connectivity index (χ3n) is 2.98. The Morgan fingerprint density at radius 2 is 2.22 bits per heavy atom. The van der Waals surface area contributed by atoms with Gasteiger partial charge < -0.3 is 10.1 Å². The molecule has 0 saturated carbocycles. The molecule has 5 heteroatoms. The SMILES string of the molecule is CCn1nccc1C(NC)c1ccncc1OC. The molecule has 0 spiro atoms. The molecule has 2 aromatic rings. The highest BCUT2D eigenvalue weighted by Gasteiger charge is 2.19. The van der Waals surface area contributed by atoms with Crippen molar-refractivity contribution in [2.75, 3.05) is 14.2 Å². The van der Waals surface area contributed by atoms with E-state index < -0.39 is 0 Å². The van der Waals surface area contributed by atoms with Crippen molar-refractivity contribution >= 4 is 0 Å². The summed E-state index contributed by atoms with van der Waals surface area (Å²) in [6, 6.07) is 4.03. The quantitative estimate of drug-likeness (QED) is 0.871. The minimum Gasteiger partial charge on any atom is -0.495 e. The van der Waals surface area contributed by atoms with E-state index in [0.717, 1.165) is 23.6 Å². The molecule has 18 heavy (non-hydrogen) atoms. The summed E-state index contributed by atoms with van der Waals surface area (Å²) in [6.07, 6.45) is 5.32. The first kappa shape index (κ1) is 12.6. The second kappa shape index (κ2) is 5.64. The monoisotopic (exact) mass is 246 g/mol. The third kappa shape index (κ3) is 2.22. The van der Waals surface area contributed by atoms with E-state index in [0.29, 0.717) is 0 Å². The summed E-state index contributed by atoms with van der Waals surface area (Å²) >= 11 is 0. The number of pyridine rings is 1. The number of rotatable bonds is 5. The van der Waals surface area contributed by atoms with Gasteiger partial charge in [0, 0.05) is 24.5 Å². The second-order valence-corrected chi connectivity index (χ2v) is 3.91. The van der Waals surface area contributed by atoms with Crippen molar-refractivity contribution < 1.29 is 4.74 Å². The summed E-state index contributed by atoms with van der Waals surface area (Å²) in [5.74, 6) is 0.778. The van der Waals surface area contributed by atoms with Crippen molar-refractivity contribution in [3.8, 4) is 5.75 Å². The fraction of sp³-hybridized carbons (Fsp3) is 0.385. The molecule has 0 radical (unpaired) electrons. The van der Waals surface area contributed by atoms with Gasteiger partial charge in [-0.1, -0.05) is 0 Å². The topological polar surface area (TPSA) is 52.0 Å². The van der Waals surface area contributed by atoms with Gasteiger partial charge >= 0.3 is 0 Å². The van der Waals surface area contributed by atoms with E-state index in [4.69, 9.17) is 4.74 Å². The van der Waals surface area contributed by atoms with Crippen LogP contribution < -0.4 is 10.1 Å². The van der Waals surface area contributed by atoms with Gasteiger partial charge in [0.25, 0.3) is 0 Å². The van der Waals surface area contributed by atoms with E-state index >= 15 is 0 Å². The Kier molecular flexibility index (Phi) is 3.94. The number of nitrogens with zero attached hydrogens (tertiary/aromatic N) is 3. The lowest BCUT2D eigenvalue weighted by atomic mass is 10.0. The van der Waals surface area contributed by atoms with Crippen LogP contribution in [0.2, 0.25) is 0 Å². The first-order chi connectivity index (χ1) is 8.81. The minimum absolute atomic E-state index is 0.0467. The lowest BCUT2D eigenvalue weighted by Crippen LogP contribution is -2.22. The highest BCUT2D eigenvalue weighted by atomic mass is 16.5. The van der Waals surface area contributed by atoms with Crippen molar-refractivity contribution in [2.45, 2.75) is 19.5 Å². The third-order valence-corrected chi connectivity index (χ3v) is 2.98. The van der Waals surface area contributed by atoms with E-state index in [1.165, 1.54) is 0 Å². The number of hydrogen-bond donors (Lipinski definition) is 1. The van der Waals surface area contributed by atoms with Crippen LogP contribution >= 0.6 is 0 Å². The van der Waals surface area contributed by atoms with Gasteiger partial charge in [0.15, 0.2) is 0 Å². The lowest BCUT2D eigenvalue weighted by molar-refractivity contribution is 0.401. The predicted octanol–water partition coefficient (Wildman–Crippen LogP) is 1.62. The summed E-state index contributed by atoms with van der Waals surface area (Å²) in [6.45, 7) is 2.92. The largest absolute Gasteiger partial charge is 0.495 e. The van der Waals surface area contributed by atoms with Crippen molar-refractivity contribution in [2.24, 2.45) is 0 Å². The van der Waals surface area contributed by atoms with Crippen LogP contribution in [0.1, 0.15) is 24.2 Å². The van der Waals surface area contributed by atoms with Gasteiger partial charge in [-0.05, 0) is 26.1 Å². The molecule has 5 nitrogen and oxygen atoms in total. The average Bonchev–Trinajstić information content (AvgIpc) is 2.88. The highest BCUT2D eigenvalue weighted by molar-refractivity contribution is 5.37. The Balaban J connectivity index is 2.45. The Bertz CT molecular complexity index is 509. The zero-order valence-corrected chi connectivity index (χ0v) is 10.9. The number of hydrogen-bond acceptors (Lipinski definition) is 4. The Hall–Kier alpha value is -1.88. The number of aromatic nitrogens is 3. The lowest BCUT2D eigenvalue weighted by Gasteiger charge is -2.19.